The van der Waals surface area contributed by atoms with Crippen LogP contribution in [0.5, 0.6) is 0 Å². The number of nitrogen functional groups attached to an aromatic ring is 1. The molecule has 0 bridgehead atoms. The summed E-state index contributed by atoms with van der Waals surface area (Å²) in [5.74, 6) is 0.803. The van der Waals surface area contributed by atoms with Crippen molar-refractivity contribution >= 4 is 29.0 Å². The van der Waals surface area contributed by atoms with Crippen LogP contribution in [0.25, 0.3) is 0 Å². The van der Waals surface area contributed by atoms with Gasteiger partial charge in [-0.05, 0) is 37.1 Å². The van der Waals surface area contributed by atoms with Crippen LogP contribution in [0.4, 0.5) is 23.3 Å². The van der Waals surface area contributed by atoms with E-state index in [0.717, 1.165) is 31.6 Å². The Morgan fingerprint density at radius 1 is 1.16 bits per heavy atom. The van der Waals surface area contributed by atoms with Gasteiger partial charge in [-0.2, -0.15) is 20.2 Å². The van der Waals surface area contributed by atoms with Gasteiger partial charge in [0.2, 0.25) is 11.9 Å². The third-order valence-corrected chi connectivity index (χ3v) is 3.95. The summed E-state index contributed by atoms with van der Waals surface area (Å²) in [5, 5.41) is 9.49. The lowest BCUT2D eigenvalue weighted by Gasteiger charge is -2.15. The molecular weight excluding hydrogens is 316 g/mol. The fourth-order valence-electron chi connectivity index (χ4n) is 2.62. The van der Waals surface area contributed by atoms with Crippen LogP contribution in [0, 0.1) is 11.3 Å². The maximum absolute atomic E-state index is 9.49. The number of aliphatic imine (C=N–C) groups is 1. The van der Waals surface area contributed by atoms with Crippen molar-refractivity contribution in [1.29, 1.82) is 5.26 Å². The summed E-state index contributed by atoms with van der Waals surface area (Å²) in [6, 6.07) is 9.63. The van der Waals surface area contributed by atoms with E-state index in [2.05, 4.69) is 26.0 Å². The van der Waals surface area contributed by atoms with Gasteiger partial charge in [-0.15, -0.1) is 0 Å². The Morgan fingerprint density at radius 3 is 2.44 bits per heavy atom. The van der Waals surface area contributed by atoms with E-state index in [1.165, 1.54) is 0 Å². The van der Waals surface area contributed by atoms with Crippen LogP contribution in [0.15, 0.2) is 29.3 Å². The lowest BCUT2D eigenvalue weighted by Crippen LogP contribution is -2.23. The molecule has 2 heterocycles. The molecule has 8 heteroatoms. The molecule has 2 aromatic rings. The van der Waals surface area contributed by atoms with Gasteiger partial charge in [0.25, 0.3) is 0 Å². The first-order chi connectivity index (χ1) is 12.1. The number of nitrogens with two attached hydrogens (primary N) is 1. The number of nitrogens with zero attached hydrogens (tertiary/aromatic N) is 7. The Hall–Kier alpha value is -3.21. The molecule has 0 atom stereocenters. The molecule has 1 saturated heterocycles. The number of rotatable bonds is 4. The van der Waals surface area contributed by atoms with Crippen LogP contribution < -0.4 is 15.5 Å². The molecule has 0 amide bonds. The average Bonchev–Trinajstić information content (AvgIpc) is 3.14. The standard InChI is InChI=1S/C17H20N8/c1-24(2)13-7-5-12(6-8-13)20-14(11-18)15-21-16(19)23-17(22-15)25-9-3-4-10-25/h5-8H,3-4,9-10H2,1-2H3,(H2,19,21,22,23). The molecular formula is C17H20N8. The summed E-state index contributed by atoms with van der Waals surface area (Å²) in [6.45, 7) is 1.77. The first kappa shape index (κ1) is 16.6. The van der Waals surface area contributed by atoms with Gasteiger partial charge in [0, 0.05) is 32.9 Å². The zero-order valence-electron chi connectivity index (χ0n) is 14.3. The molecule has 0 unspecified atom stereocenters. The van der Waals surface area contributed by atoms with E-state index in [-0.39, 0.29) is 17.5 Å². The predicted molar refractivity (Wildman–Crippen MR) is 98.3 cm³/mol. The summed E-state index contributed by atoms with van der Waals surface area (Å²) in [5.41, 5.74) is 7.64. The summed E-state index contributed by atoms with van der Waals surface area (Å²) in [6.07, 6.45) is 2.19. The van der Waals surface area contributed by atoms with E-state index in [1.54, 1.807) is 0 Å². The molecule has 1 aromatic heterocycles. The second-order valence-corrected chi connectivity index (χ2v) is 5.99. The van der Waals surface area contributed by atoms with Crippen LogP contribution in [-0.4, -0.2) is 47.8 Å². The van der Waals surface area contributed by atoms with Crippen molar-refractivity contribution in [3.05, 3.63) is 30.1 Å². The maximum atomic E-state index is 9.49. The minimum atomic E-state index is 0.0952. The Morgan fingerprint density at radius 2 is 1.84 bits per heavy atom. The van der Waals surface area contributed by atoms with Crippen LogP contribution in [-0.2, 0) is 0 Å². The van der Waals surface area contributed by atoms with Crippen molar-refractivity contribution < 1.29 is 0 Å². The normalized spacial score (nSPS) is 14.4. The average molecular weight is 336 g/mol. The molecule has 1 aliphatic heterocycles. The molecule has 2 N–H and O–H groups in total. The highest BCUT2D eigenvalue weighted by Crippen LogP contribution is 2.20. The molecule has 0 spiro atoms. The molecule has 3 rings (SSSR count). The van der Waals surface area contributed by atoms with Gasteiger partial charge in [0.15, 0.2) is 11.5 Å². The van der Waals surface area contributed by atoms with Crippen molar-refractivity contribution in [3.63, 3.8) is 0 Å². The smallest absolute Gasteiger partial charge is 0.230 e. The second-order valence-electron chi connectivity index (χ2n) is 5.99. The highest BCUT2D eigenvalue weighted by Gasteiger charge is 2.18. The highest BCUT2D eigenvalue weighted by atomic mass is 15.3. The predicted octanol–water partition coefficient (Wildman–Crippen LogP) is 1.76. The summed E-state index contributed by atoms with van der Waals surface area (Å²) >= 11 is 0. The largest absolute Gasteiger partial charge is 0.378 e. The van der Waals surface area contributed by atoms with Gasteiger partial charge < -0.3 is 15.5 Å². The van der Waals surface area contributed by atoms with Crippen LogP contribution in [0.3, 0.4) is 0 Å². The Kier molecular flexibility index (Phi) is 4.75. The van der Waals surface area contributed by atoms with Crippen molar-refractivity contribution in [2.75, 3.05) is 42.7 Å². The first-order valence-electron chi connectivity index (χ1n) is 8.10. The molecule has 0 radical (unpaired) electrons. The first-order valence-corrected chi connectivity index (χ1v) is 8.10. The van der Waals surface area contributed by atoms with Crippen LogP contribution >= 0.6 is 0 Å². The van der Waals surface area contributed by atoms with Gasteiger partial charge in [-0.25, -0.2) is 4.99 Å². The van der Waals surface area contributed by atoms with E-state index in [1.807, 2.05) is 48.2 Å². The fraction of sp³-hybridized carbons (Fsp3) is 0.353. The minimum Gasteiger partial charge on any atom is -0.378 e. The topological polar surface area (TPSA) is 107 Å². The lowest BCUT2D eigenvalue weighted by atomic mass is 10.2. The number of anilines is 3. The van der Waals surface area contributed by atoms with E-state index in [9.17, 15) is 5.26 Å². The molecule has 8 nitrogen and oxygen atoms in total. The van der Waals surface area contributed by atoms with Gasteiger partial charge in [0.05, 0.1) is 5.69 Å². The third kappa shape index (κ3) is 3.83. The number of benzene rings is 1. The summed E-state index contributed by atoms with van der Waals surface area (Å²) in [4.78, 5) is 21.1. The fourth-order valence-corrected chi connectivity index (χ4v) is 2.62. The van der Waals surface area contributed by atoms with Crippen LogP contribution in [0.2, 0.25) is 0 Å². The molecule has 0 aliphatic carbocycles. The molecule has 1 aliphatic rings. The quantitative estimate of drug-likeness (QED) is 0.848. The van der Waals surface area contributed by atoms with Crippen molar-refractivity contribution in [2.24, 2.45) is 4.99 Å². The monoisotopic (exact) mass is 336 g/mol. The summed E-state index contributed by atoms with van der Waals surface area (Å²) in [7, 11) is 3.93. The van der Waals surface area contributed by atoms with Crippen molar-refractivity contribution in [3.8, 4) is 6.07 Å². The zero-order valence-corrected chi connectivity index (χ0v) is 14.3. The second kappa shape index (κ2) is 7.13. The summed E-state index contributed by atoms with van der Waals surface area (Å²) < 4.78 is 0. The van der Waals surface area contributed by atoms with E-state index in [4.69, 9.17) is 5.73 Å². The van der Waals surface area contributed by atoms with Gasteiger partial charge >= 0.3 is 0 Å². The Balaban J connectivity index is 1.93. The molecule has 0 saturated carbocycles. The van der Waals surface area contributed by atoms with E-state index in [0.29, 0.717) is 11.6 Å². The third-order valence-electron chi connectivity index (χ3n) is 3.95. The Bertz CT molecular complexity index is 814. The van der Waals surface area contributed by atoms with Crippen molar-refractivity contribution in [1.82, 2.24) is 15.0 Å². The highest BCUT2D eigenvalue weighted by molar-refractivity contribution is 6.10. The number of aromatic nitrogens is 3. The van der Waals surface area contributed by atoms with Gasteiger partial charge in [-0.3, -0.25) is 0 Å². The number of hydrogen-bond donors (Lipinski definition) is 1. The van der Waals surface area contributed by atoms with Crippen LogP contribution in [0.1, 0.15) is 18.7 Å². The number of hydrogen-bond acceptors (Lipinski definition) is 8. The maximum Gasteiger partial charge on any atom is 0.230 e. The van der Waals surface area contributed by atoms with Gasteiger partial charge in [-0.1, -0.05) is 0 Å². The van der Waals surface area contributed by atoms with E-state index < -0.39 is 0 Å². The molecule has 1 fully saturated rings. The Labute approximate surface area is 146 Å². The molecule has 25 heavy (non-hydrogen) atoms. The van der Waals surface area contributed by atoms with Crippen molar-refractivity contribution in [2.45, 2.75) is 12.8 Å². The zero-order chi connectivity index (χ0) is 17.8. The number of nitriles is 1. The minimum absolute atomic E-state index is 0.0952. The lowest BCUT2D eigenvalue weighted by molar-refractivity contribution is 0.880. The SMILES string of the molecule is CN(C)c1ccc(N=C(C#N)c2nc(N)nc(N3CCCC3)n2)cc1. The molecule has 128 valence electrons. The molecule has 1 aromatic carbocycles. The van der Waals surface area contributed by atoms with Gasteiger partial charge in [0.1, 0.15) is 6.07 Å². The van der Waals surface area contributed by atoms with E-state index >= 15 is 0 Å².